The zero-order chi connectivity index (χ0) is 14.8. The van der Waals surface area contributed by atoms with Crippen LogP contribution in [0.5, 0.6) is 0 Å². The molecule has 0 aromatic heterocycles. The Labute approximate surface area is 123 Å². The second-order valence-electron chi connectivity index (χ2n) is 4.58. The molecule has 1 aliphatic heterocycles. The number of hydrogen-bond donors (Lipinski definition) is 2. The predicted octanol–water partition coefficient (Wildman–Crippen LogP) is 1.33. The molecule has 6 nitrogen and oxygen atoms in total. The van der Waals surface area contributed by atoms with Crippen LogP contribution >= 0.6 is 0 Å². The van der Waals surface area contributed by atoms with Crippen LogP contribution in [0.4, 0.5) is 4.79 Å². The lowest BCUT2D eigenvalue weighted by Crippen LogP contribution is -2.41. The summed E-state index contributed by atoms with van der Waals surface area (Å²) in [7, 11) is 1.45. The number of nitrogens with zero attached hydrogens (tertiary/aromatic N) is 1. The van der Waals surface area contributed by atoms with Gasteiger partial charge in [0.1, 0.15) is 5.82 Å². The topological polar surface area (TPSA) is 70.7 Å². The predicted molar refractivity (Wildman–Crippen MR) is 80.4 cm³/mol. The molecule has 0 radical (unpaired) electrons. The number of carbonyl (C=O) groups excluding carboxylic acids is 1. The Morgan fingerprint density at radius 2 is 2.30 bits per heavy atom. The summed E-state index contributed by atoms with van der Waals surface area (Å²) in [5.74, 6) is 1.37. The zero-order valence-corrected chi connectivity index (χ0v) is 13.1. The SMILES string of the molecule is CCN(CCCCCS(=O)OC)C(=O)NC1=CCCN1. The molecule has 0 bridgehead atoms. The van der Waals surface area contributed by atoms with E-state index in [-0.39, 0.29) is 6.03 Å². The minimum absolute atomic E-state index is 0.0615. The molecule has 0 aliphatic carbocycles. The minimum atomic E-state index is -1.16. The zero-order valence-electron chi connectivity index (χ0n) is 12.3. The van der Waals surface area contributed by atoms with E-state index in [1.807, 2.05) is 13.0 Å². The van der Waals surface area contributed by atoms with Crippen molar-refractivity contribution in [3.63, 3.8) is 0 Å². The molecule has 2 amide bonds. The van der Waals surface area contributed by atoms with Crippen LogP contribution in [0.15, 0.2) is 11.9 Å². The van der Waals surface area contributed by atoms with Gasteiger partial charge in [-0.25, -0.2) is 9.00 Å². The van der Waals surface area contributed by atoms with Crippen molar-refractivity contribution >= 4 is 17.1 Å². The molecule has 0 spiro atoms. The molecule has 0 saturated carbocycles. The summed E-state index contributed by atoms with van der Waals surface area (Å²) in [6.07, 6.45) is 5.66. The highest BCUT2D eigenvalue weighted by molar-refractivity contribution is 7.80. The van der Waals surface area contributed by atoms with Gasteiger partial charge in [-0.2, -0.15) is 0 Å². The Kier molecular flexibility index (Phi) is 8.29. The average molecular weight is 303 g/mol. The number of amides is 2. The Morgan fingerprint density at radius 1 is 1.50 bits per heavy atom. The summed E-state index contributed by atoms with van der Waals surface area (Å²) in [6.45, 7) is 4.26. The van der Waals surface area contributed by atoms with E-state index < -0.39 is 11.1 Å². The second kappa shape index (κ2) is 9.77. The largest absolute Gasteiger partial charge is 0.371 e. The van der Waals surface area contributed by atoms with Crippen molar-refractivity contribution in [2.45, 2.75) is 32.6 Å². The van der Waals surface area contributed by atoms with Gasteiger partial charge < -0.3 is 10.2 Å². The molecule has 0 aromatic carbocycles. The van der Waals surface area contributed by atoms with Crippen molar-refractivity contribution in [2.75, 3.05) is 32.5 Å². The molecular weight excluding hydrogens is 278 g/mol. The lowest BCUT2D eigenvalue weighted by atomic mass is 10.2. The summed E-state index contributed by atoms with van der Waals surface area (Å²) in [5.41, 5.74) is 0. The van der Waals surface area contributed by atoms with Crippen molar-refractivity contribution < 1.29 is 13.2 Å². The van der Waals surface area contributed by atoms with Gasteiger partial charge in [0.25, 0.3) is 0 Å². The molecule has 1 unspecified atom stereocenters. The molecule has 2 N–H and O–H groups in total. The molecule has 0 fully saturated rings. The maximum Gasteiger partial charge on any atom is 0.322 e. The third kappa shape index (κ3) is 6.38. The summed E-state index contributed by atoms with van der Waals surface area (Å²) in [4.78, 5) is 13.8. The van der Waals surface area contributed by atoms with Gasteiger partial charge in [0.05, 0.1) is 7.11 Å². The standard InChI is InChI=1S/C13H25N3O3S/c1-3-16(10-5-4-6-11-20(18)19-2)13(17)15-12-8-7-9-14-12/h8,14H,3-7,9-11H2,1-2H3,(H,15,17). The van der Waals surface area contributed by atoms with Crippen LogP contribution in [0.25, 0.3) is 0 Å². The average Bonchev–Trinajstić information content (AvgIpc) is 2.95. The van der Waals surface area contributed by atoms with E-state index in [9.17, 15) is 9.00 Å². The van der Waals surface area contributed by atoms with Gasteiger partial charge in [-0.1, -0.05) is 6.42 Å². The number of unbranched alkanes of at least 4 members (excludes halogenated alkanes) is 2. The fourth-order valence-electron chi connectivity index (χ4n) is 1.97. The Hall–Kier alpha value is -1.08. The molecule has 1 atom stereocenters. The molecule has 1 heterocycles. The van der Waals surface area contributed by atoms with Crippen molar-refractivity contribution in [3.05, 3.63) is 11.9 Å². The summed E-state index contributed by atoms with van der Waals surface area (Å²) >= 11 is -1.16. The monoisotopic (exact) mass is 303 g/mol. The van der Waals surface area contributed by atoms with Gasteiger partial charge in [-0.05, 0) is 32.3 Å². The van der Waals surface area contributed by atoms with Crippen LogP contribution in [0.2, 0.25) is 0 Å². The van der Waals surface area contributed by atoms with Gasteiger partial charge in [0, 0.05) is 25.4 Å². The third-order valence-electron chi connectivity index (χ3n) is 3.14. The van der Waals surface area contributed by atoms with Crippen molar-refractivity contribution in [1.29, 1.82) is 0 Å². The van der Waals surface area contributed by atoms with E-state index in [1.54, 1.807) is 4.90 Å². The third-order valence-corrected chi connectivity index (χ3v) is 4.14. The molecular formula is C13H25N3O3S. The van der Waals surface area contributed by atoms with E-state index in [0.29, 0.717) is 12.3 Å². The first-order chi connectivity index (χ1) is 9.67. The smallest absolute Gasteiger partial charge is 0.322 e. The summed E-state index contributed by atoms with van der Waals surface area (Å²) in [5, 5.41) is 5.98. The van der Waals surface area contributed by atoms with Crippen molar-refractivity contribution in [1.82, 2.24) is 15.5 Å². The second-order valence-corrected chi connectivity index (χ2v) is 5.93. The summed E-state index contributed by atoms with van der Waals surface area (Å²) in [6, 6.07) is -0.0615. The fraction of sp³-hybridized carbons (Fsp3) is 0.769. The van der Waals surface area contributed by atoms with Crippen molar-refractivity contribution in [3.8, 4) is 0 Å². The van der Waals surface area contributed by atoms with Gasteiger partial charge >= 0.3 is 6.03 Å². The van der Waals surface area contributed by atoms with E-state index >= 15 is 0 Å². The first-order valence-corrected chi connectivity index (χ1v) is 8.34. The van der Waals surface area contributed by atoms with Crippen LogP contribution in [0.3, 0.4) is 0 Å². The molecule has 7 heteroatoms. The lowest BCUT2D eigenvalue weighted by Gasteiger charge is -2.21. The first kappa shape index (κ1) is 17.0. The fourth-order valence-corrected chi connectivity index (χ4v) is 2.58. The normalized spacial score (nSPS) is 15.4. The highest BCUT2D eigenvalue weighted by Gasteiger charge is 2.13. The van der Waals surface area contributed by atoms with E-state index in [0.717, 1.165) is 44.6 Å². The highest BCUT2D eigenvalue weighted by Crippen LogP contribution is 2.03. The molecule has 1 rings (SSSR count). The van der Waals surface area contributed by atoms with Gasteiger partial charge in [-0.15, -0.1) is 0 Å². The Morgan fingerprint density at radius 3 is 2.90 bits per heavy atom. The highest BCUT2D eigenvalue weighted by atomic mass is 32.2. The van der Waals surface area contributed by atoms with Crippen LogP contribution in [0, 0.1) is 0 Å². The maximum absolute atomic E-state index is 12.0. The quantitative estimate of drug-likeness (QED) is 0.631. The number of rotatable bonds is 9. The number of nitrogens with one attached hydrogen (secondary N) is 2. The van der Waals surface area contributed by atoms with Crippen LogP contribution in [0.1, 0.15) is 32.6 Å². The first-order valence-electron chi connectivity index (χ1n) is 7.10. The number of hydrogen-bond acceptors (Lipinski definition) is 4. The number of carbonyl (C=O) groups is 1. The van der Waals surface area contributed by atoms with Gasteiger partial charge in [0.15, 0.2) is 11.1 Å². The van der Waals surface area contributed by atoms with E-state index in [1.165, 1.54) is 7.11 Å². The van der Waals surface area contributed by atoms with E-state index in [2.05, 4.69) is 10.6 Å². The molecule has 1 aliphatic rings. The summed E-state index contributed by atoms with van der Waals surface area (Å²) < 4.78 is 15.8. The van der Waals surface area contributed by atoms with E-state index in [4.69, 9.17) is 4.18 Å². The molecule has 0 saturated heterocycles. The Balaban J connectivity index is 2.18. The van der Waals surface area contributed by atoms with Gasteiger partial charge in [-0.3, -0.25) is 9.50 Å². The van der Waals surface area contributed by atoms with Crippen LogP contribution in [-0.4, -0.2) is 47.6 Å². The minimum Gasteiger partial charge on any atom is -0.371 e. The van der Waals surface area contributed by atoms with Crippen molar-refractivity contribution in [2.24, 2.45) is 0 Å². The Bertz CT molecular complexity index is 361. The molecule has 116 valence electrons. The maximum atomic E-state index is 12.0. The molecule has 0 aromatic rings. The molecule has 20 heavy (non-hydrogen) atoms. The number of urea groups is 1. The van der Waals surface area contributed by atoms with Gasteiger partial charge in [0.2, 0.25) is 0 Å². The van der Waals surface area contributed by atoms with Crippen LogP contribution in [-0.2, 0) is 15.3 Å². The van der Waals surface area contributed by atoms with Crippen LogP contribution < -0.4 is 10.6 Å². The lowest BCUT2D eigenvalue weighted by molar-refractivity contribution is 0.202.